The van der Waals surface area contributed by atoms with Crippen LogP contribution in [0.1, 0.15) is 31.4 Å². The van der Waals surface area contributed by atoms with E-state index in [9.17, 15) is 0 Å². The van der Waals surface area contributed by atoms with Crippen molar-refractivity contribution in [2.45, 2.75) is 32.1 Å². The molecule has 0 atom stereocenters. The van der Waals surface area contributed by atoms with Crippen molar-refractivity contribution in [3.05, 3.63) is 15.7 Å². The summed E-state index contributed by atoms with van der Waals surface area (Å²) in [6.07, 6.45) is 8.85. The molecule has 13 heavy (non-hydrogen) atoms. The maximum Gasteiger partial charge on any atom is 0.122 e. The van der Waals surface area contributed by atoms with Gasteiger partial charge < -0.3 is 4.57 Å². The van der Waals surface area contributed by atoms with Gasteiger partial charge in [0.15, 0.2) is 0 Å². The Hall–Kier alpha value is -0.0600. The Balaban J connectivity index is 2.07. The van der Waals surface area contributed by atoms with Crippen molar-refractivity contribution >= 4 is 22.6 Å². The van der Waals surface area contributed by atoms with E-state index in [0.717, 1.165) is 5.92 Å². The Morgan fingerprint density at radius 2 is 2.23 bits per heavy atom. The average molecular weight is 290 g/mol. The minimum Gasteiger partial charge on any atom is -0.337 e. The first-order chi connectivity index (χ1) is 6.27. The van der Waals surface area contributed by atoms with Crippen LogP contribution in [-0.4, -0.2) is 9.55 Å². The fourth-order valence-corrected chi connectivity index (χ4v) is 2.87. The molecule has 0 aliphatic heterocycles. The third kappa shape index (κ3) is 2.06. The van der Waals surface area contributed by atoms with E-state index in [1.807, 2.05) is 6.33 Å². The molecule has 0 spiro atoms. The number of hydrogen-bond donors (Lipinski definition) is 0. The molecule has 1 fully saturated rings. The van der Waals surface area contributed by atoms with E-state index in [0.29, 0.717) is 0 Å². The number of rotatable bonds is 2. The molecular formula is C10H15IN2. The summed E-state index contributed by atoms with van der Waals surface area (Å²) in [5.41, 5.74) is 1.42. The zero-order valence-corrected chi connectivity index (χ0v) is 10.1. The van der Waals surface area contributed by atoms with E-state index < -0.39 is 0 Å². The number of halogens is 1. The van der Waals surface area contributed by atoms with Crippen molar-refractivity contribution in [3.63, 3.8) is 0 Å². The van der Waals surface area contributed by atoms with Crippen LogP contribution in [-0.2, 0) is 13.5 Å². The molecule has 3 heteroatoms. The highest BCUT2D eigenvalue weighted by Gasteiger charge is 2.18. The van der Waals surface area contributed by atoms with Gasteiger partial charge in [-0.05, 0) is 34.9 Å². The molecule has 1 heterocycles. The lowest BCUT2D eigenvalue weighted by Crippen LogP contribution is -2.04. The minimum atomic E-state index is 0.920. The van der Waals surface area contributed by atoms with Crippen LogP contribution in [0, 0.1) is 9.62 Å². The van der Waals surface area contributed by atoms with Gasteiger partial charge in [-0.25, -0.2) is 4.98 Å². The van der Waals surface area contributed by atoms with Gasteiger partial charge in [0.05, 0.1) is 12.0 Å². The smallest absolute Gasteiger partial charge is 0.122 e. The van der Waals surface area contributed by atoms with Gasteiger partial charge >= 0.3 is 0 Å². The van der Waals surface area contributed by atoms with Gasteiger partial charge in [0, 0.05) is 7.05 Å². The summed E-state index contributed by atoms with van der Waals surface area (Å²) in [6.45, 7) is 0. The average Bonchev–Trinajstić information content (AvgIpc) is 2.70. The predicted octanol–water partition coefficient (Wildman–Crippen LogP) is 2.76. The Kier molecular flexibility index (Phi) is 2.91. The van der Waals surface area contributed by atoms with Crippen molar-refractivity contribution in [1.29, 1.82) is 0 Å². The van der Waals surface area contributed by atoms with E-state index in [1.54, 1.807) is 0 Å². The molecule has 1 aliphatic rings. The Morgan fingerprint density at radius 1 is 1.54 bits per heavy atom. The lowest BCUT2D eigenvalue weighted by Gasteiger charge is -2.09. The van der Waals surface area contributed by atoms with E-state index in [1.165, 1.54) is 41.5 Å². The van der Waals surface area contributed by atoms with Crippen LogP contribution < -0.4 is 0 Å². The molecule has 0 saturated heterocycles. The summed E-state index contributed by atoms with van der Waals surface area (Å²) >= 11 is 2.34. The molecule has 0 unspecified atom stereocenters. The Morgan fingerprint density at radius 3 is 2.77 bits per heavy atom. The summed E-state index contributed by atoms with van der Waals surface area (Å²) in [5.74, 6) is 0.920. The highest BCUT2D eigenvalue weighted by molar-refractivity contribution is 14.1. The third-order valence-electron chi connectivity index (χ3n) is 2.96. The largest absolute Gasteiger partial charge is 0.337 e. The second-order valence-corrected chi connectivity index (χ2v) is 4.97. The molecule has 0 N–H and O–H groups in total. The first kappa shape index (κ1) is 9.49. The van der Waals surface area contributed by atoms with Crippen LogP contribution in [0.25, 0.3) is 0 Å². The van der Waals surface area contributed by atoms with E-state index in [-0.39, 0.29) is 0 Å². The van der Waals surface area contributed by atoms with Crippen molar-refractivity contribution in [2.24, 2.45) is 13.0 Å². The van der Waals surface area contributed by atoms with Crippen LogP contribution in [0.15, 0.2) is 6.33 Å². The van der Waals surface area contributed by atoms with Crippen LogP contribution in [0.5, 0.6) is 0 Å². The molecule has 1 saturated carbocycles. The fraction of sp³-hybridized carbons (Fsp3) is 0.700. The summed E-state index contributed by atoms with van der Waals surface area (Å²) in [4.78, 5) is 4.31. The number of aromatic nitrogens is 2. The van der Waals surface area contributed by atoms with Gasteiger partial charge in [0.1, 0.15) is 3.70 Å². The molecule has 0 radical (unpaired) electrons. The van der Waals surface area contributed by atoms with Crippen molar-refractivity contribution < 1.29 is 0 Å². The van der Waals surface area contributed by atoms with Gasteiger partial charge in [-0.1, -0.05) is 25.7 Å². The summed E-state index contributed by atoms with van der Waals surface area (Å²) < 4.78 is 3.35. The van der Waals surface area contributed by atoms with Gasteiger partial charge in [0.25, 0.3) is 0 Å². The molecule has 0 amide bonds. The summed E-state index contributed by atoms with van der Waals surface area (Å²) in [7, 11) is 2.10. The number of aryl methyl sites for hydroxylation is 1. The highest BCUT2D eigenvalue weighted by atomic mass is 127. The van der Waals surface area contributed by atoms with E-state index >= 15 is 0 Å². The quantitative estimate of drug-likeness (QED) is 0.766. The van der Waals surface area contributed by atoms with Crippen molar-refractivity contribution in [1.82, 2.24) is 9.55 Å². The second kappa shape index (κ2) is 3.98. The molecule has 1 aliphatic carbocycles. The van der Waals surface area contributed by atoms with Gasteiger partial charge in [-0.3, -0.25) is 0 Å². The number of hydrogen-bond acceptors (Lipinski definition) is 1. The molecular weight excluding hydrogens is 275 g/mol. The maximum absolute atomic E-state index is 4.31. The number of nitrogens with zero attached hydrogens (tertiary/aromatic N) is 2. The van der Waals surface area contributed by atoms with Crippen LogP contribution in [0.2, 0.25) is 0 Å². The third-order valence-corrected chi connectivity index (χ3v) is 3.87. The molecule has 1 aromatic heterocycles. The molecule has 2 nitrogen and oxygen atoms in total. The van der Waals surface area contributed by atoms with Gasteiger partial charge in [-0.15, -0.1) is 0 Å². The van der Waals surface area contributed by atoms with Gasteiger partial charge in [0.2, 0.25) is 0 Å². The summed E-state index contributed by atoms with van der Waals surface area (Å²) in [6, 6.07) is 0. The van der Waals surface area contributed by atoms with Crippen molar-refractivity contribution in [3.8, 4) is 0 Å². The topological polar surface area (TPSA) is 17.8 Å². The van der Waals surface area contributed by atoms with Crippen molar-refractivity contribution in [2.75, 3.05) is 0 Å². The summed E-state index contributed by atoms with van der Waals surface area (Å²) in [5, 5.41) is 0. The fourth-order valence-electron chi connectivity index (χ4n) is 2.14. The Bertz CT molecular complexity index is 268. The normalized spacial score (nSPS) is 18.3. The monoisotopic (exact) mass is 290 g/mol. The van der Waals surface area contributed by atoms with Crippen LogP contribution in [0.3, 0.4) is 0 Å². The SMILES string of the molecule is Cn1cnc(I)c1CC1CCCC1. The molecule has 0 aromatic carbocycles. The molecule has 1 aromatic rings. The first-order valence-corrected chi connectivity index (χ1v) is 6.01. The lowest BCUT2D eigenvalue weighted by molar-refractivity contribution is 0.528. The lowest BCUT2D eigenvalue weighted by atomic mass is 10.0. The van der Waals surface area contributed by atoms with Crippen LogP contribution >= 0.6 is 22.6 Å². The molecule has 72 valence electrons. The maximum atomic E-state index is 4.31. The van der Waals surface area contributed by atoms with Gasteiger partial charge in [-0.2, -0.15) is 0 Å². The minimum absolute atomic E-state index is 0.920. The standard InChI is InChI=1S/C10H15IN2/c1-13-7-12-10(11)9(13)6-8-4-2-3-5-8/h7-8H,2-6H2,1H3. The van der Waals surface area contributed by atoms with Crippen LogP contribution in [0.4, 0.5) is 0 Å². The Labute approximate surface area is 92.9 Å². The molecule has 2 rings (SSSR count). The predicted molar refractivity (Wildman–Crippen MR) is 61.6 cm³/mol. The zero-order valence-electron chi connectivity index (χ0n) is 7.96. The first-order valence-electron chi connectivity index (χ1n) is 4.93. The van der Waals surface area contributed by atoms with E-state index in [4.69, 9.17) is 0 Å². The second-order valence-electron chi connectivity index (χ2n) is 3.95. The van der Waals surface area contributed by atoms with E-state index in [2.05, 4.69) is 39.2 Å². The highest BCUT2D eigenvalue weighted by Crippen LogP contribution is 2.28. The number of imidazole rings is 1. The zero-order chi connectivity index (χ0) is 9.26. The molecule has 0 bridgehead atoms.